The van der Waals surface area contributed by atoms with Crippen LogP contribution < -0.4 is 5.19 Å². The Balaban J connectivity index is 1.99. The molecule has 0 aromatic heterocycles. The van der Waals surface area contributed by atoms with Gasteiger partial charge in [0.15, 0.2) is 0 Å². The number of fused-ring (bicyclic) bond motifs is 2. The topological polar surface area (TPSA) is 0 Å². The molecular formula is C25H22Si. The number of hydrogen-bond donors (Lipinski definition) is 0. The molecule has 1 heteroatoms. The van der Waals surface area contributed by atoms with Crippen molar-refractivity contribution in [3.05, 3.63) is 90.0 Å². The molecule has 0 aliphatic carbocycles. The summed E-state index contributed by atoms with van der Waals surface area (Å²) in [5, 5.41) is 6.55. The van der Waals surface area contributed by atoms with Crippen LogP contribution in [0.4, 0.5) is 0 Å². The Kier molecular flexibility index (Phi) is 4.15. The summed E-state index contributed by atoms with van der Waals surface area (Å²) >= 11 is 0. The second-order valence-electron chi connectivity index (χ2n) is 7.81. The van der Waals surface area contributed by atoms with Crippen LogP contribution in [-0.2, 0) is 0 Å². The average molecular weight is 351 g/mol. The van der Waals surface area contributed by atoms with Gasteiger partial charge in [-0.1, -0.05) is 85.2 Å². The lowest BCUT2D eigenvalue weighted by molar-refractivity contribution is 1.64. The fourth-order valence-electron chi connectivity index (χ4n) is 3.25. The van der Waals surface area contributed by atoms with Gasteiger partial charge >= 0.3 is 0 Å². The monoisotopic (exact) mass is 350 g/mol. The molecule has 126 valence electrons. The summed E-state index contributed by atoms with van der Waals surface area (Å²) in [4.78, 5) is 0. The summed E-state index contributed by atoms with van der Waals surface area (Å²) in [6.07, 6.45) is 0. The van der Waals surface area contributed by atoms with Gasteiger partial charge in [-0.05, 0) is 51.9 Å². The zero-order valence-corrected chi connectivity index (χ0v) is 16.5. The smallest absolute Gasteiger partial charge is 0.0656 e. The van der Waals surface area contributed by atoms with Crippen LogP contribution in [0.1, 0.15) is 11.1 Å². The Labute approximate surface area is 156 Å². The van der Waals surface area contributed by atoms with E-state index in [0.29, 0.717) is 0 Å². The molecule has 0 saturated heterocycles. The van der Waals surface area contributed by atoms with Crippen molar-refractivity contribution in [2.24, 2.45) is 0 Å². The molecule has 0 N–H and O–H groups in total. The van der Waals surface area contributed by atoms with E-state index in [0.717, 1.165) is 11.1 Å². The van der Waals surface area contributed by atoms with Crippen LogP contribution in [0.25, 0.3) is 21.5 Å². The van der Waals surface area contributed by atoms with Gasteiger partial charge in [0.1, 0.15) is 0 Å². The van der Waals surface area contributed by atoms with Crippen molar-refractivity contribution in [2.45, 2.75) is 19.6 Å². The van der Waals surface area contributed by atoms with E-state index in [2.05, 4.69) is 92.1 Å². The van der Waals surface area contributed by atoms with E-state index in [9.17, 15) is 0 Å². The van der Waals surface area contributed by atoms with Crippen molar-refractivity contribution in [1.82, 2.24) is 0 Å². The van der Waals surface area contributed by atoms with Crippen LogP contribution in [0.5, 0.6) is 0 Å². The second-order valence-corrected chi connectivity index (χ2v) is 12.9. The van der Waals surface area contributed by atoms with Crippen LogP contribution in [0.15, 0.2) is 78.9 Å². The van der Waals surface area contributed by atoms with E-state index >= 15 is 0 Å². The number of rotatable bonds is 1. The summed E-state index contributed by atoms with van der Waals surface area (Å²) in [7, 11) is -1.43. The van der Waals surface area contributed by atoms with Gasteiger partial charge in [-0.2, -0.15) is 0 Å². The summed E-state index contributed by atoms with van der Waals surface area (Å²) in [5.74, 6) is 6.80. The van der Waals surface area contributed by atoms with Gasteiger partial charge in [-0.15, -0.1) is 0 Å². The molecule has 0 saturated carbocycles. The van der Waals surface area contributed by atoms with E-state index in [-0.39, 0.29) is 0 Å². The van der Waals surface area contributed by atoms with Crippen LogP contribution >= 0.6 is 0 Å². The van der Waals surface area contributed by atoms with Crippen LogP contribution in [0, 0.1) is 11.8 Å². The largest absolute Gasteiger partial charge is 0.0776 e. The highest BCUT2D eigenvalue weighted by Crippen LogP contribution is 2.25. The highest BCUT2D eigenvalue weighted by Gasteiger charge is 2.18. The van der Waals surface area contributed by atoms with Gasteiger partial charge in [0.25, 0.3) is 0 Å². The Morgan fingerprint density at radius 3 is 1.96 bits per heavy atom. The van der Waals surface area contributed by atoms with Crippen molar-refractivity contribution in [1.29, 1.82) is 0 Å². The van der Waals surface area contributed by atoms with Crippen molar-refractivity contribution < 1.29 is 0 Å². The van der Waals surface area contributed by atoms with Gasteiger partial charge in [-0.25, -0.2) is 0 Å². The Morgan fingerprint density at radius 1 is 0.615 bits per heavy atom. The fourth-order valence-corrected chi connectivity index (χ4v) is 4.42. The summed E-state index contributed by atoms with van der Waals surface area (Å²) in [6.45, 7) is 7.18. The van der Waals surface area contributed by atoms with Gasteiger partial charge in [-0.3, -0.25) is 0 Å². The third kappa shape index (κ3) is 3.29. The molecule has 0 bridgehead atoms. The molecule has 4 rings (SSSR count). The molecule has 0 heterocycles. The lowest BCUT2D eigenvalue weighted by Crippen LogP contribution is -2.37. The molecule has 4 aromatic rings. The Bertz CT molecular complexity index is 1150. The maximum absolute atomic E-state index is 3.45. The maximum Gasteiger partial charge on any atom is 0.0776 e. The van der Waals surface area contributed by atoms with Crippen molar-refractivity contribution in [3.8, 4) is 11.8 Å². The highest BCUT2D eigenvalue weighted by atomic mass is 28.3. The molecule has 0 nitrogen and oxygen atoms in total. The third-order valence-corrected chi connectivity index (χ3v) is 6.82. The Hall–Kier alpha value is -2.82. The molecule has 26 heavy (non-hydrogen) atoms. The van der Waals surface area contributed by atoms with Crippen LogP contribution in [0.2, 0.25) is 19.6 Å². The third-order valence-electron chi connectivity index (χ3n) is 4.80. The minimum atomic E-state index is -1.43. The minimum absolute atomic E-state index is 1.06. The molecule has 4 aromatic carbocycles. The van der Waals surface area contributed by atoms with Crippen molar-refractivity contribution in [3.63, 3.8) is 0 Å². The molecule has 0 unspecified atom stereocenters. The van der Waals surface area contributed by atoms with E-state index in [4.69, 9.17) is 0 Å². The molecule has 0 fully saturated rings. The zero-order valence-electron chi connectivity index (χ0n) is 15.5. The quantitative estimate of drug-likeness (QED) is 0.226. The van der Waals surface area contributed by atoms with E-state index in [1.54, 1.807) is 0 Å². The zero-order chi connectivity index (χ0) is 18.1. The highest BCUT2D eigenvalue weighted by molar-refractivity contribution is 6.88. The lowest BCUT2D eigenvalue weighted by atomic mass is 9.99. The first kappa shape index (κ1) is 16.6. The van der Waals surface area contributed by atoms with E-state index < -0.39 is 8.07 Å². The first-order chi connectivity index (χ1) is 12.5. The van der Waals surface area contributed by atoms with Gasteiger partial charge in [0, 0.05) is 11.1 Å². The van der Waals surface area contributed by atoms with Gasteiger partial charge in [0.05, 0.1) is 8.07 Å². The molecule has 0 amide bonds. The van der Waals surface area contributed by atoms with Crippen LogP contribution in [-0.4, -0.2) is 8.07 Å². The predicted octanol–water partition coefficient (Wildman–Crippen LogP) is 5.94. The minimum Gasteiger partial charge on any atom is -0.0656 e. The summed E-state index contributed by atoms with van der Waals surface area (Å²) < 4.78 is 0. The average Bonchev–Trinajstić information content (AvgIpc) is 2.64. The number of hydrogen-bond acceptors (Lipinski definition) is 0. The van der Waals surface area contributed by atoms with Gasteiger partial charge in [0.2, 0.25) is 0 Å². The normalized spacial score (nSPS) is 11.3. The first-order valence-electron chi connectivity index (χ1n) is 9.05. The molecule has 0 atom stereocenters. The molecule has 0 aliphatic rings. The molecule has 0 aliphatic heterocycles. The molecular weight excluding hydrogens is 328 g/mol. The van der Waals surface area contributed by atoms with Crippen LogP contribution in [0.3, 0.4) is 0 Å². The van der Waals surface area contributed by atoms with E-state index in [1.165, 1.54) is 26.7 Å². The SMILES string of the molecule is C[Si](C)(C)c1cc(C#Cc2ccccc2)c2cc3ccccc3cc2c1. The lowest BCUT2D eigenvalue weighted by Gasteiger charge is -2.18. The predicted molar refractivity (Wildman–Crippen MR) is 117 cm³/mol. The molecule has 0 radical (unpaired) electrons. The number of benzene rings is 4. The molecule has 0 spiro atoms. The maximum atomic E-state index is 3.45. The summed E-state index contributed by atoms with van der Waals surface area (Å²) in [5.41, 5.74) is 2.19. The van der Waals surface area contributed by atoms with Gasteiger partial charge < -0.3 is 0 Å². The summed E-state index contributed by atoms with van der Waals surface area (Å²) in [6, 6.07) is 28.1. The Morgan fingerprint density at radius 2 is 1.27 bits per heavy atom. The van der Waals surface area contributed by atoms with E-state index in [1.807, 2.05) is 18.2 Å². The first-order valence-corrected chi connectivity index (χ1v) is 12.5. The fraction of sp³-hybridized carbons (Fsp3) is 0.120. The standard InChI is InChI=1S/C25H22Si/c1-26(2,3)24-16-22(14-13-19-9-5-4-6-10-19)25-18-21-12-8-7-11-20(21)15-23(25)17-24/h4-12,15-18H,1-3H3. The second kappa shape index (κ2) is 6.48. The van der Waals surface area contributed by atoms with Crippen molar-refractivity contribution >= 4 is 34.8 Å². The van der Waals surface area contributed by atoms with Crippen molar-refractivity contribution in [2.75, 3.05) is 0 Å².